The summed E-state index contributed by atoms with van der Waals surface area (Å²) in [4.78, 5) is 0. The van der Waals surface area contributed by atoms with E-state index in [1.54, 1.807) is 0 Å². The van der Waals surface area contributed by atoms with E-state index in [4.69, 9.17) is 0 Å². The molecule has 0 saturated carbocycles. The van der Waals surface area contributed by atoms with Crippen LogP contribution in [0.15, 0.2) is 48.5 Å². The van der Waals surface area contributed by atoms with Gasteiger partial charge in [0.15, 0.2) is 0 Å². The molecule has 2 heterocycles. The van der Waals surface area contributed by atoms with Gasteiger partial charge in [-0.05, 0) is 18.6 Å². The van der Waals surface area contributed by atoms with Crippen LogP contribution in [0.25, 0.3) is 32.8 Å². The van der Waals surface area contributed by atoms with Gasteiger partial charge in [0.05, 0.1) is 11.0 Å². The van der Waals surface area contributed by atoms with Gasteiger partial charge in [0, 0.05) is 29.8 Å². The van der Waals surface area contributed by atoms with Crippen LogP contribution in [-0.4, -0.2) is 9.13 Å². The molecule has 2 aromatic carbocycles. The molecule has 2 aromatic heterocycles. The summed E-state index contributed by atoms with van der Waals surface area (Å²) in [5.41, 5.74) is 4.11. The Morgan fingerprint density at radius 2 is 0.943 bits per heavy atom. The third kappa shape index (κ3) is 6.51. The van der Waals surface area contributed by atoms with Gasteiger partial charge in [-0.3, -0.25) is 0 Å². The van der Waals surface area contributed by atoms with Crippen LogP contribution in [-0.2, 0) is 13.6 Å². The topological polar surface area (TPSA) is 9.86 Å². The summed E-state index contributed by atoms with van der Waals surface area (Å²) < 4.78 is 4.98. The first-order valence-electron chi connectivity index (χ1n) is 14.8. The lowest BCUT2D eigenvalue weighted by atomic mass is 10.0. The van der Waals surface area contributed by atoms with Crippen LogP contribution in [0, 0.1) is 0 Å². The zero-order valence-corrected chi connectivity index (χ0v) is 22.5. The third-order valence-corrected chi connectivity index (χ3v) is 8.03. The molecular formula is C33H48N2. The first kappa shape index (κ1) is 25.9. The molecule has 0 amide bonds. The van der Waals surface area contributed by atoms with Crippen molar-refractivity contribution < 1.29 is 0 Å². The molecule has 0 aliphatic rings. The van der Waals surface area contributed by atoms with Gasteiger partial charge in [0.25, 0.3) is 0 Å². The van der Waals surface area contributed by atoms with Gasteiger partial charge < -0.3 is 9.13 Å². The van der Waals surface area contributed by atoms with Crippen molar-refractivity contribution >= 4 is 32.8 Å². The average molecular weight is 473 g/mol. The van der Waals surface area contributed by atoms with Gasteiger partial charge in [0.1, 0.15) is 5.65 Å². The van der Waals surface area contributed by atoms with E-state index in [0.29, 0.717) is 0 Å². The smallest absolute Gasteiger partial charge is 0.122 e. The molecule has 0 bridgehead atoms. The second kappa shape index (κ2) is 13.8. The highest BCUT2D eigenvalue weighted by Crippen LogP contribution is 2.36. The minimum atomic E-state index is 1.12. The molecule has 190 valence electrons. The minimum Gasteiger partial charge on any atom is -0.330 e. The largest absolute Gasteiger partial charge is 0.330 e. The first-order chi connectivity index (χ1) is 17.3. The van der Waals surface area contributed by atoms with E-state index in [-0.39, 0.29) is 0 Å². The van der Waals surface area contributed by atoms with Crippen LogP contribution < -0.4 is 0 Å². The van der Waals surface area contributed by atoms with E-state index in [1.165, 1.54) is 136 Å². The van der Waals surface area contributed by atoms with Crippen molar-refractivity contribution in [1.82, 2.24) is 9.13 Å². The predicted octanol–water partition coefficient (Wildman–Crippen LogP) is 10.5. The molecule has 4 rings (SSSR count). The van der Waals surface area contributed by atoms with Crippen molar-refractivity contribution in [2.24, 2.45) is 7.05 Å². The zero-order valence-electron chi connectivity index (χ0n) is 22.5. The Bertz CT molecular complexity index is 1160. The number of rotatable bonds is 17. The summed E-state index contributed by atoms with van der Waals surface area (Å²) in [5.74, 6) is 0. The normalized spacial score (nSPS) is 11.9. The number of nitrogens with zero attached hydrogens (tertiary/aromatic N) is 2. The molecule has 0 radical (unpaired) electrons. The van der Waals surface area contributed by atoms with Gasteiger partial charge in [-0.1, -0.05) is 140 Å². The summed E-state index contributed by atoms with van der Waals surface area (Å²) in [5, 5.41) is 4.21. The molecular weight excluding hydrogens is 424 g/mol. The Morgan fingerprint density at radius 1 is 0.514 bits per heavy atom. The average Bonchev–Trinajstić information content (AvgIpc) is 3.37. The Labute approximate surface area is 213 Å². The molecule has 0 fully saturated rings. The maximum Gasteiger partial charge on any atom is 0.122 e. The Kier molecular flexibility index (Phi) is 10.2. The SMILES string of the molecule is CCCCCCCCCCCCCCCCCCn1c2ccccc2c2c3ccccc3n(C)c21. The van der Waals surface area contributed by atoms with E-state index in [2.05, 4.69) is 71.6 Å². The molecule has 4 aromatic rings. The summed E-state index contributed by atoms with van der Waals surface area (Å²) in [7, 11) is 2.23. The van der Waals surface area contributed by atoms with E-state index >= 15 is 0 Å². The third-order valence-electron chi connectivity index (χ3n) is 8.03. The number of aryl methyl sites for hydroxylation is 2. The van der Waals surface area contributed by atoms with Crippen LogP contribution >= 0.6 is 0 Å². The van der Waals surface area contributed by atoms with E-state index in [9.17, 15) is 0 Å². The minimum absolute atomic E-state index is 1.12. The molecule has 0 unspecified atom stereocenters. The second-order valence-corrected chi connectivity index (χ2v) is 10.7. The fourth-order valence-corrected chi connectivity index (χ4v) is 6.04. The molecule has 0 aliphatic carbocycles. The number of benzene rings is 2. The number of hydrogen-bond acceptors (Lipinski definition) is 0. The molecule has 0 aliphatic heterocycles. The number of hydrogen-bond donors (Lipinski definition) is 0. The second-order valence-electron chi connectivity index (χ2n) is 10.7. The molecule has 2 heteroatoms. The van der Waals surface area contributed by atoms with Crippen LogP contribution in [0.5, 0.6) is 0 Å². The van der Waals surface area contributed by atoms with Gasteiger partial charge in [-0.25, -0.2) is 0 Å². The highest BCUT2D eigenvalue weighted by molar-refractivity contribution is 6.21. The maximum atomic E-state index is 2.58. The van der Waals surface area contributed by atoms with Gasteiger partial charge >= 0.3 is 0 Å². The lowest BCUT2D eigenvalue weighted by Crippen LogP contribution is -2.02. The van der Waals surface area contributed by atoms with E-state index in [0.717, 1.165) is 6.54 Å². The lowest BCUT2D eigenvalue weighted by Gasteiger charge is -2.09. The molecule has 0 N–H and O–H groups in total. The number of fused-ring (bicyclic) bond motifs is 5. The van der Waals surface area contributed by atoms with Crippen molar-refractivity contribution in [2.45, 2.75) is 116 Å². The van der Waals surface area contributed by atoms with Crippen LogP contribution in [0.3, 0.4) is 0 Å². The highest BCUT2D eigenvalue weighted by atomic mass is 15.1. The summed E-state index contributed by atoms with van der Waals surface area (Å²) in [6.45, 7) is 3.42. The monoisotopic (exact) mass is 472 g/mol. The quantitative estimate of drug-likeness (QED) is 0.135. The van der Waals surface area contributed by atoms with E-state index in [1.807, 2.05) is 0 Å². The maximum absolute atomic E-state index is 2.58. The zero-order chi connectivity index (χ0) is 24.3. The van der Waals surface area contributed by atoms with Crippen LogP contribution in [0.1, 0.15) is 110 Å². The number of aromatic nitrogens is 2. The van der Waals surface area contributed by atoms with Crippen molar-refractivity contribution in [1.29, 1.82) is 0 Å². The number of unbranched alkanes of at least 4 members (excludes halogenated alkanes) is 15. The van der Waals surface area contributed by atoms with E-state index < -0.39 is 0 Å². The van der Waals surface area contributed by atoms with Crippen molar-refractivity contribution in [2.75, 3.05) is 0 Å². The molecule has 2 nitrogen and oxygen atoms in total. The lowest BCUT2D eigenvalue weighted by molar-refractivity contribution is 0.523. The Balaban J connectivity index is 1.15. The van der Waals surface area contributed by atoms with Gasteiger partial charge in [-0.2, -0.15) is 0 Å². The van der Waals surface area contributed by atoms with Gasteiger partial charge in [0.2, 0.25) is 0 Å². The number of para-hydroxylation sites is 2. The Morgan fingerprint density at radius 3 is 1.49 bits per heavy atom. The molecule has 0 saturated heterocycles. The molecule has 0 spiro atoms. The predicted molar refractivity (Wildman–Crippen MR) is 155 cm³/mol. The summed E-state index contributed by atoms with van der Waals surface area (Å²) in [6, 6.07) is 17.8. The standard InChI is InChI=1S/C33H48N2/c1-3-4-5-6-7-8-9-10-11-12-13-14-15-16-17-22-27-35-31-26-21-19-24-29(31)32-28-23-18-20-25-30(28)34(2)33(32)35/h18-21,23-26H,3-17,22,27H2,1-2H3. The molecule has 35 heavy (non-hydrogen) atoms. The van der Waals surface area contributed by atoms with Crippen molar-refractivity contribution in [3.8, 4) is 0 Å². The molecule has 0 atom stereocenters. The van der Waals surface area contributed by atoms with Crippen LogP contribution in [0.2, 0.25) is 0 Å². The fourth-order valence-electron chi connectivity index (χ4n) is 6.04. The van der Waals surface area contributed by atoms with Gasteiger partial charge in [-0.15, -0.1) is 0 Å². The van der Waals surface area contributed by atoms with Crippen molar-refractivity contribution in [3.05, 3.63) is 48.5 Å². The first-order valence-corrected chi connectivity index (χ1v) is 14.8. The summed E-state index contributed by atoms with van der Waals surface area (Å²) >= 11 is 0. The Hall–Kier alpha value is -2.22. The fraction of sp³-hybridized carbons (Fsp3) is 0.576. The summed E-state index contributed by atoms with van der Waals surface area (Å²) in [6.07, 6.45) is 22.7. The highest BCUT2D eigenvalue weighted by Gasteiger charge is 2.17. The van der Waals surface area contributed by atoms with Crippen molar-refractivity contribution in [3.63, 3.8) is 0 Å². The van der Waals surface area contributed by atoms with Crippen LogP contribution in [0.4, 0.5) is 0 Å².